The number of hydrogen-bond acceptors (Lipinski definition) is 2. The predicted molar refractivity (Wildman–Crippen MR) is 68.6 cm³/mol. The Morgan fingerprint density at radius 2 is 2.00 bits per heavy atom. The van der Waals surface area contributed by atoms with Crippen molar-refractivity contribution in [3.05, 3.63) is 36.5 Å². The van der Waals surface area contributed by atoms with Gasteiger partial charge in [0.1, 0.15) is 0 Å². The maximum absolute atomic E-state index is 3.35. The molecule has 3 heteroatoms. The van der Waals surface area contributed by atoms with Crippen LogP contribution in [-0.2, 0) is 0 Å². The van der Waals surface area contributed by atoms with Crippen molar-refractivity contribution in [1.82, 2.24) is 15.2 Å². The first-order valence-corrected chi connectivity index (χ1v) is 5.74. The summed E-state index contributed by atoms with van der Waals surface area (Å²) < 4.78 is 2.30. The Hall–Kier alpha value is -1.32. The lowest BCUT2D eigenvalue weighted by Crippen LogP contribution is -2.26. The van der Waals surface area contributed by atoms with Gasteiger partial charge < -0.3 is 15.2 Å². The van der Waals surface area contributed by atoms with Crippen LogP contribution in [-0.4, -0.2) is 25.2 Å². The van der Waals surface area contributed by atoms with Crippen molar-refractivity contribution in [3.63, 3.8) is 0 Å². The lowest BCUT2D eigenvalue weighted by Gasteiger charge is -2.19. The van der Waals surface area contributed by atoms with Gasteiger partial charge in [-0.05, 0) is 44.6 Å². The number of nitrogens with zero attached hydrogens (tertiary/aromatic N) is 1. The van der Waals surface area contributed by atoms with Gasteiger partial charge in [-0.25, -0.2) is 0 Å². The fraction of sp³-hybridized carbons (Fsp3) is 0.385. The van der Waals surface area contributed by atoms with Crippen LogP contribution in [0, 0.1) is 0 Å². The van der Waals surface area contributed by atoms with Crippen molar-refractivity contribution < 1.29 is 0 Å². The topological polar surface area (TPSA) is 29.0 Å². The summed E-state index contributed by atoms with van der Waals surface area (Å²) in [5, 5.41) is 7.84. The summed E-state index contributed by atoms with van der Waals surface area (Å²) in [6.45, 7) is 1.01. The van der Waals surface area contributed by atoms with Crippen LogP contribution in [0.15, 0.2) is 36.5 Å². The Labute approximate surface area is 96.5 Å². The summed E-state index contributed by atoms with van der Waals surface area (Å²) in [7, 11) is 4.00. The first-order chi connectivity index (χ1) is 7.86. The molecule has 2 N–H and O–H groups in total. The molecule has 16 heavy (non-hydrogen) atoms. The summed E-state index contributed by atoms with van der Waals surface area (Å²) in [5.74, 6) is 0. The Morgan fingerprint density at radius 3 is 2.75 bits per heavy atom. The van der Waals surface area contributed by atoms with Crippen molar-refractivity contribution in [2.45, 2.75) is 12.6 Å². The monoisotopic (exact) mass is 217 g/mol. The Bertz CT molecular complexity index is 447. The summed E-state index contributed by atoms with van der Waals surface area (Å²) in [6.07, 6.45) is 3.58. The Kier molecular flexibility index (Phi) is 3.59. The molecule has 1 atom stereocenters. The molecule has 2 aromatic rings. The van der Waals surface area contributed by atoms with Crippen molar-refractivity contribution in [3.8, 4) is 0 Å². The normalized spacial score (nSPS) is 13.1. The van der Waals surface area contributed by atoms with Crippen LogP contribution in [0.1, 0.15) is 12.6 Å². The Balaban J connectivity index is 2.30. The van der Waals surface area contributed by atoms with E-state index in [4.69, 9.17) is 0 Å². The van der Waals surface area contributed by atoms with E-state index in [9.17, 15) is 0 Å². The summed E-state index contributed by atoms with van der Waals surface area (Å²) in [5.41, 5.74) is 1.29. The molecule has 0 aliphatic rings. The zero-order valence-electron chi connectivity index (χ0n) is 9.90. The molecule has 1 unspecified atom stereocenters. The molecular formula is C13H19N3. The van der Waals surface area contributed by atoms with Crippen LogP contribution in [0.4, 0.5) is 0 Å². The number of para-hydroxylation sites is 1. The quantitative estimate of drug-likeness (QED) is 0.801. The van der Waals surface area contributed by atoms with Gasteiger partial charge in [0.25, 0.3) is 0 Å². The first-order valence-electron chi connectivity index (χ1n) is 5.74. The number of hydrogen-bond donors (Lipinski definition) is 2. The van der Waals surface area contributed by atoms with E-state index in [-0.39, 0.29) is 0 Å². The molecule has 0 radical (unpaired) electrons. The molecule has 1 aromatic carbocycles. The third-order valence-electron chi connectivity index (χ3n) is 2.97. The van der Waals surface area contributed by atoms with Gasteiger partial charge in [0.05, 0.1) is 6.17 Å². The van der Waals surface area contributed by atoms with E-state index in [2.05, 4.69) is 51.7 Å². The van der Waals surface area contributed by atoms with Crippen molar-refractivity contribution >= 4 is 10.9 Å². The molecule has 1 aromatic heterocycles. The molecule has 0 saturated heterocycles. The van der Waals surface area contributed by atoms with Gasteiger partial charge >= 0.3 is 0 Å². The highest BCUT2D eigenvalue weighted by Crippen LogP contribution is 2.19. The van der Waals surface area contributed by atoms with Gasteiger partial charge in [-0.3, -0.25) is 0 Å². The number of aromatic nitrogens is 1. The minimum absolute atomic E-state index is 0.354. The molecule has 0 aliphatic carbocycles. The fourth-order valence-electron chi connectivity index (χ4n) is 2.08. The van der Waals surface area contributed by atoms with Crippen LogP contribution in [0.5, 0.6) is 0 Å². The Morgan fingerprint density at radius 1 is 1.19 bits per heavy atom. The standard InChI is InChI=1S/C13H19N3/c1-14-9-7-13(15-2)16-10-8-11-5-3-4-6-12(11)16/h3-6,8,10,13-15H,7,9H2,1-2H3. The lowest BCUT2D eigenvalue weighted by atomic mass is 10.2. The minimum atomic E-state index is 0.354. The third-order valence-corrected chi connectivity index (χ3v) is 2.97. The van der Waals surface area contributed by atoms with Crippen molar-refractivity contribution in [2.75, 3.05) is 20.6 Å². The van der Waals surface area contributed by atoms with E-state index in [1.807, 2.05) is 14.1 Å². The summed E-state index contributed by atoms with van der Waals surface area (Å²) in [4.78, 5) is 0. The van der Waals surface area contributed by atoms with Gasteiger partial charge in [0, 0.05) is 11.7 Å². The fourth-order valence-corrected chi connectivity index (χ4v) is 2.08. The van der Waals surface area contributed by atoms with E-state index in [1.165, 1.54) is 10.9 Å². The SMILES string of the molecule is CNCCC(NC)n1ccc2ccccc21. The van der Waals surface area contributed by atoms with Crippen molar-refractivity contribution in [1.29, 1.82) is 0 Å². The van der Waals surface area contributed by atoms with Crippen LogP contribution < -0.4 is 10.6 Å². The van der Waals surface area contributed by atoms with E-state index in [0.29, 0.717) is 6.17 Å². The molecule has 2 rings (SSSR count). The van der Waals surface area contributed by atoms with Gasteiger partial charge in [-0.2, -0.15) is 0 Å². The van der Waals surface area contributed by atoms with Gasteiger partial charge in [-0.1, -0.05) is 18.2 Å². The van der Waals surface area contributed by atoms with Crippen LogP contribution in [0.2, 0.25) is 0 Å². The molecule has 0 saturated carbocycles. The third kappa shape index (κ3) is 2.10. The maximum atomic E-state index is 3.35. The highest BCUT2D eigenvalue weighted by atomic mass is 15.2. The van der Waals surface area contributed by atoms with E-state index < -0.39 is 0 Å². The van der Waals surface area contributed by atoms with Crippen LogP contribution in [0.3, 0.4) is 0 Å². The molecule has 0 bridgehead atoms. The molecule has 0 aliphatic heterocycles. The predicted octanol–water partition coefficient (Wildman–Crippen LogP) is 1.97. The van der Waals surface area contributed by atoms with Gasteiger partial charge in [0.15, 0.2) is 0 Å². The maximum Gasteiger partial charge on any atom is 0.0849 e. The van der Waals surface area contributed by atoms with E-state index >= 15 is 0 Å². The molecule has 86 valence electrons. The van der Waals surface area contributed by atoms with Crippen LogP contribution >= 0.6 is 0 Å². The summed E-state index contributed by atoms with van der Waals surface area (Å²) in [6, 6.07) is 10.6. The average Bonchev–Trinajstić information content (AvgIpc) is 2.75. The van der Waals surface area contributed by atoms with Crippen molar-refractivity contribution in [2.24, 2.45) is 0 Å². The number of fused-ring (bicyclic) bond motifs is 1. The van der Waals surface area contributed by atoms with Gasteiger partial charge in [-0.15, -0.1) is 0 Å². The summed E-state index contributed by atoms with van der Waals surface area (Å²) >= 11 is 0. The highest BCUT2D eigenvalue weighted by molar-refractivity contribution is 5.80. The molecule has 0 amide bonds. The molecule has 0 fully saturated rings. The molecule has 1 heterocycles. The second kappa shape index (κ2) is 5.14. The minimum Gasteiger partial charge on any atom is -0.331 e. The highest BCUT2D eigenvalue weighted by Gasteiger charge is 2.09. The second-order valence-corrected chi connectivity index (χ2v) is 3.98. The first kappa shape index (κ1) is 11.2. The van der Waals surface area contributed by atoms with Gasteiger partial charge in [0.2, 0.25) is 0 Å². The largest absolute Gasteiger partial charge is 0.331 e. The number of rotatable bonds is 5. The zero-order valence-corrected chi connectivity index (χ0v) is 9.90. The lowest BCUT2D eigenvalue weighted by molar-refractivity contribution is 0.413. The number of benzene rings is 1. The van der Waals surface area contributed by atoms with E-state index in [0.717, 1.165) is 13.0 Å². The molecule has 0 spiro atoms. The van der Waals surface area contributed by atoms with E-state index in [1.54, 1.807) is 0 Å². The smallest absolute Gasteiger partial charge is 0.0849 e. The zero-order chi connectivity index (χ0) is 11.4. The number of nitrogens with one attached hydrogen (secondary N) is 2. The average molecular weight is 217 g/mol. The molecule has 3 nitrogen and oxygen atoms in total. The second-order valence-electron chi connectivity index (χ2n) is 3.98. The molecular weight excluding hydrogens is 198 g/mol. The van der Waals surface area contributed by atoms with Crippen LogP contribution in [0.25, 0.3) is 10.9 Å².